The number of rotatable bonds is 6. The van der Waals surface area contributed by atoms with E-state index in [1.165, 1.54) is 44.2 Å². The van der Waals surface area contributed by atoms with E-state index < -0.39 is 0 Å². The molecule has 2 nitrogen and oxygen atoms in total. The van der Waals surface area contributed by atoms with Crippen LogP contribution in [0.4, 0.5) is 0 Å². The molecule has 2 rings (SSSR count). The molecule has 1 aliphatic carbocycles. The molecule has 1 aromatic rings. The lowest BCUT2D eigenvalue weighted by atomic mass is 9.89. The van der Waals surface area contributed by atoms with Gasteiger partial charge in [0.05, 0.1) is 7.11 Å². The van der Waals surface area contributed by atoms with Crippen molar-refractivity contribution in [2.24, 2.45) is 5.92 Å². The van der Waals surface area contributed by atoms with E-state index in [1.54, 1.807) is 7.11 Å². The second kappa shape index (κ2) is 7.42. The molecule has 0 atom stereocenters. The quantitative estimate of drug-likeness (QED) is 0.778. The van der Waals surface area contributed by atoms with Gasteiger partial charge in [0.25, 0.3) is 0 Å². The highest BCUT2D eigenvalue weighted by atomic mass is 16.5. The zero-order valence-electron chi connectivity index (χ0n) is 11.5. The molecule has 0 aromatic heterocycles. The Labute approximate surface area is 111 Å². The molecule has 100 valence electrons. The first-order chi connectivity index (χ1) is 8.90. The van der Waals surface area contributed by atoms with Crippen LogP contribution < -0.4 is 10.1 Å². The molecule has 1 aromatic carbocycles. The van der Waals surface area contributed by atoms with Crippen molar-refractivity contribution < 1.29 is 4.74 Å². The van der Waals surface area contributed by atoms with Crippen LogP contribution in [0.3, 0.4) is 0 Å². The molecule has 0 spiro atoms. The predicted octanol–water partition coefficient (Wildman–Crippen LogP) is 3.41. The lowest BCUT2D eigenvalue weighted by Gasteiger charge is -2.21. The van der Waals surface area contributed by atoms with E-state index in [4.69, 9.17) is 4.74 Å². The maximum absolute atomic E-state index is 5.36. The third kappa shape index (κ3) is 4.02. The maximum atomic E-state index is 5.36. The Hall–Kier alpha value is -1.02. The second-order valence-corrected chi connectivity index (χ2v) is 5.27. The lowest BCUT2D eigenvalue weighted by molar-refractivity contribution is 0.343. The number of para-hydroxylation sites is 1. The molecule has 1 N–H and O–H groups in total. The molecular formula is C16H25NO. The molecule has 1 saturated carbocycles. The minimum Gasteiger partial charge on any atom is -0.496 e. The van der Waals surface area contributed by atoms with E-state index in [1.807, 2.05) is 12.1 Å². The Morgan fingerprint density at radius 2 is 1.94 bits per heavy atom. The first-order valence-electron chi connectivity index (χ1n) is 7.23. The summed E-state index contributed by atoms with van der Waals surface area (Å²) in [4.78, 5) is 0. The van der Waals surface area contributed by atoms with Crippen LogP contribution in [-0.4, -0.2) is 20.2 Å². The van der Waals surface area contributed by atoms with Crippen molar-refractivity contribution in [3.05, 3.63) is 29.8 Å². The van der Waals surface area contributed by atoms with Crippen molar-refractivity contribution in [3.63, 3.8) is 0 Å². The van der Waals surface area contributed by atoms with E-state index in [2.05, 4.69) is 17.4 Å². The molecule has 0 bridgehead atoms. The molecule has 0 unspecified atom stereocenters. The van der Waals surface area contributed by atoms with Crippen LogP contribution in [0.5, 0.6) is 5.75 Å². The van der Waals surface area contributed by atoms with Crippen molar-refractivity contribution in [1.29, 1.82) is 0 Å². The number of benzene rings is 1. The maximum Gasteiger partial charge on any atom is 0.122 e. The van der Waals surface area contributed by atoms with Crippen LogP contribution in [0, 0.1) is 5.92 Å². The highest BCUT2D eigenvalue weighted by Crippen LogP contribution is 2.22. The Balaban J connectivity index is 1.68. The third-order valence-corrected chi connectivity index (χ3v) is 3.92. The van der Waals surface area contributed by atoms with E-state index >= 15 is 0 Å². The molecule has 0 heterocycles. The molecular weight excluding hydrogens is 222 g/mol. The van der Waals surface area contributed by atoms with Gasteiger partial charge in [-0.05, 0) is 49.9 Å². The molecule has 0 saturated heterocycles. The Bertz CT molecular complexity index is 345. The van der Waals surface area contributed by atoms with E-state index in [0.717, 1.165) is 24.6 Å². The van der Waals surface area contributed by atoms with Crippen molar-refractivity contribution in [2.45, 2.75) is 38.5 Å². The van der Waals surface area contributed by atoms with Crippen molar-refractivity contribution in [3.8, 4) is 5.75 Å². The molecule has 1 fully saturated rings. The summed E-state index contributed by atoms with van der Waals surface area (Å²) in [5.41, 5.74) is 1.30. The molecule has 0 amide bonds. The number of nitrogens with one attached hydrogen (secondary N) is 1. The van der Waals surface area contributed by atoms with Crippen LogP contribution in [-0.2, 0) is 6.42 Å². The molecule has 18 heavy (non-hydrogen) atoms. The zero-order chi connectivity index (χ0) is 12.6. The van der Waals surface area contributed by atoms with Crippen LogP contribution in [0.15, 0.2) is 24.3 Å². The minimum atomic E-state index is 0.913. The Kier molecular flexibility index (Phi) is 5.53. The standard InChI is InChI=1S/C16H25NO/c1-18-16-10-6-5-9-15(16)11-12-17-13-14-7-3-2-4-8-14/h5-6,9-10,14,17H,2-4,7-8,11-13H2,1H3. The summed E-state index contributed by atoms with van der Waals surface area (Å²) >= 11 is 0. The van der Waals surface area contributed by atoms with Gasteiger partial charge in [-0.25, -0.2) is 0 Å². The summed E-state index contributed by atoms with van der Waals surface area (Å²) < 4.78 is 5.36. The van der Waals surface area contributed by atoms with E-state index in [-0.39, 0.29) is 0 Å². The summed E-state index contributed by atoms with van der Waals surface area (Å²) in [5, 5.41) is 3.60. The van der Waals surface area contributed by atoms with Crippen LogP contribution in [0.25, 0.3) is 0 Å². The summed E-state index contributed by atoms with van der Waals surface area (Å²) in [6.45, 7) is 2.24. The van der Waals surface area contributed by atoms with Crippen LogP contribution in [0.2, 0.25) is 0 Å². The fraction of sp³-hybridized carbons (Fsp3) is 0.625. The van der Waals surface area contributed by atoms with E-state index in [9.17, 15) is 0 Å². The highest BCUT2D eigenvalue weighted by Gasteiger charge is 2.12. The number of hydrogen-bond donors (Lipinski definition) is 1. The summed E-state index contributed by atoms with van der Waals surface area (Å²) in [7, 11) is 1.74. The largest absolute Gasteiger partial charge is 0.496 e. The molecule has 1 aliphatic rings. The highest BCUT2D eigenvalue weighted by molar-refractivity contribution is 5.33. The number of hydrogen-bond acceptors (Lipinski definition) is 2. The minimum absolute atomic E-state index is 0.913. The molecule has 0 radical (unpaired) electrons. The zero-order valence-corrected chi connectivity index (χ0v) is 11.5. The SMILES string of the molecule is COc1ccccc1CCNCC1CCCCC1. The first-order valence-corrected chi connectivity index (χ1v) is 7.23. The van der Waals surface area contributed by atoms with Crippen LogP contribution >= 0.6 is 0 Å². The molecule has 2 heteroatoms. The summed E-state index contributed by atoms with van der Waals surface area (Å²) in [5.74, 6) is 1.92. The fourth-order valence-electron chi connectivity index (χ4n) is 2.83. The van der Waals surface area contributed by atoms with Gasteiger partial charge in [-0.3, -0.25) is 0 Å². The monoisotopic (exact) mass is 247 g/mol. The topological polar surface area (TPSA) is 21.3 Å². The second-order valence-electron chi connectivity index (χ2n) is 5.27. The van der Waals surface area contributed by atoms with Gasteiger partial charge >= 0.3 is 0 Å². The van der Waals surface area contributed by atoms with Gasteiger partial charge in [0.15, 0.2) is 0 Å². The van der Waals surface area contributed by atoms with Crippen molar-refractivity contribution in [1.82, 2.24) is 5.32 Å². The van der Waals surface area contributed by atoms with Gasteiger partial charge in [-0.1, -0.05) is 37.5 Å². The third-order valence-electron chi connectivity index (χ3n) is 3.92. The van der Waals surface area contributed by atoms with Crippen LogP contribution in [0.1, 0.15) is 37.7 Å². The average Bonchev–Trinajstić information content (AvgIpc) is 2.45. The number of ether oxygens (including phenoxy) is 1. The smallest absolute Gasteiger partial charge is 0.122 e. The van der Waals surface area contributed by atoms with Gasteiger partial charge in [-0.15, -0.1) is 0 Å². The first kappa shape index (κ1) is 13.4. The summed E-state index contributed by atoms with van der Waals surface area (Å²) in [6, 6.07) is 8.30. The van der Waals surface area contributed by atoms with Crippen molar-refractivity contribution in [2.75, 3.05) is 20.2 Å². The average molecular weight is 247 g/mol. The summed E-state index contributed by atoms with van der Waals surface area (Å²) in [6.07, 6.45) is 8.19. The Morgan fingerprint density at radius 3 is 2.72 bits per heavy atom. The predicted molar refractivity (Wildman–Crippen MR) is 76.1 cm³/mol. The van der Waals surface area contributed by atoms with Crippen molar-refractivity contribution >= 4 is 0 Å². The van der Waals surface area contributed by atoms with Gasteiger partial charge in [0.1, 0.15) is 5.75 Å². The Morgan fingerprint density at radius 1 is 1.17 bits per heavy atom. The number of methoxy groups -OCH3 is 1. The van der Waals surface area contributed by atoms with Gasteiger partial charge in [-0.2, -0.15) is 0 Å². The van der Waals surface area contributed by atoms with Gasteiger partial charge < -0.3 is 10.1 Å². The van der Waals surface area contributed by atoms with E-state index in [0.29, 0.717) is 0 Å². The lowest BCUT2D eigenvalue weighted by Crippen LogP contribution is -2.26. The van der Waals surface area contributed by atoms with Gasteiger partial charge in [0.2, 0.25) is 0 Å². The normalized spacial score (nSPS) is 16.7. The molecule has 0 aliphatic heterocycles. The van der Waals surface area contributed by atoms with Gasteiger partial charge in [0, 0.05) is 0 Å². The fourth-order valence-corrected chi connectivity index (χ4v) is 2.83.